The van der Waals surface area contributed by atoms with Gasteiger partial charge in [0, 0.05) is 18.2 Å². The maximum atomic E-state index is 10.3. The van der Waals surface area contributed by atoms with Crippen LogP contribution in [0.15, 0.2) is 40.8 Å². The van der Waals surface area contributed by atoms with Crippen molar-refractivity contribution in [1.29, 1.82) is 0 Å². The molecule has 0 unspecified atom stereocenters. The molecule has 1 aromatic heterocycles. The lowest BCUT2D eigenvalue weighted by Crippen LogP contribution is -1.88. The van der Waals surface area contributed by atoms with Gasteiger partial charge in [0.25, 0.3) is 0 Å². The van der Waals surface area contributed by atoms with Crippen LogP contribution in [0.4, 0.5) is 0 Å². The van der Waals surface area contributed by atoms with E-state index in [4.69, 9.17) is 13.9 Å². The Morgan fingerprint density at radius 1 is 0.826 bits per heavy atom. The van der Waals surface area contributed by atoms with Gasteiger partial charge >= 0.3 is 11.3 Å². The van der Waals surface area contributed by atoms with Crippen LogP contribution in [0.2, 0.25) is 0 Å². The van der Waals surface area contributed by atoms with Crippen molar-refractivity contribution in [3.05, 3.63) is 36.4 Å². The molecule has 3 N–H and O–H groups in total. The van der Waals surface area contributed by atoms with E-state index in [9.17, 15) is 15.3 Å². The first kappa shape index (κ1) is 14.8. The van der Waals surface area contributed by atoms with Crippen LogP contribution < -0.4 is 9.47 Å². The predicted octanol–water partition coefficient (Wildman–Crippen LogP) is 3.51. The highest BCUT2D eigenvalue weighted by molar-refractivity contribution is 5.88. The average Bonchev–Trinajstić information content (AvgIpc) is 2.54. The van der Waals surface area contributed by atoms with E-state index >= 15 is 0 Å². The molecule has 0 aliphatic heterocycles. The van der Waals surface area contributed by atoms with Crippen LogP contribution in [-0.4, -0.2) is 29.5 Å². The van der Waals surface area contributed by atoms with Crippen LogP contribution in [0.1, 0.15) is 0 Å². The molecule has 0 aliphatic rings. The summed E-state index contributed by atoms with van der Waals surface area (Å²) >= 11 is 0. The van der Waals surface area contributed by atoms with Crippen LogP contribution in [0, 0.1) is 0 Å². The molecule has 0 radical (unpaired) electrons. The number of phenolic OH excluding ortho intramolecular Hbond substituents is 2. The Bertz CT molecular complexity index is 888. The molecule has 118 valence electrons. The molecule has 3 aromatic rings. The summed E-state index contributed by atoms with van der Waals surface area (Å²) in [5.74, 6) is 0.686. The number of fused-ring (bicyclic) bond motifs is 1. The lowest BCUT2D eigenvalue weighted by Gasteiger charge is -2.05. The van der Waals surface area contributed by atoms with Crippen molar-refractivity contribution >= 4 is 11.0 Å². The van der Waals surface area contributed by atoms with Crippen molar-refractivity contribution in [2.45, 2.75) is 0 Å². The average molecular weight is 315 g/mol. The normalized spacial score (nSPS) is 10.7. The Morgan fingerprint density at radius 3 is 2.26 bits per heavy atom. The lowest BCUT2D eigenvalue weighted by atomic mass is 10.1. The number of ether oxygens (including phenoxy) is 2. The zero-order valence-corrected chi connectivity index (χ0v) is 12.5. The van der Waals surface area contributed by atoms with E-state index in [0.717, 1.165) is 0 Å². The molecule has 6 nitrogen and oxygen atoms in total. The van der Waals surface area contributed by atoms with Crippen LogP contribution in [0.25, 0.3) is 22.3 Å². The van der Waals surface area contributed by atoms with Crippen molar-refractivity contribution < 1.29 is 29.2 Å². The third-order valence-corrected chi connectivity index (χ3v) is 3.48. The van der Waals surface area contributed by atoms with E-state index < -0.39 is 0 Å². The number of rotatable bonds is 3. The summed E-state index contributed by atoms with van der Waals surface area (Å²) in [7, 11) is 2.89. The van der Waals surface area contributed by atoms with E-state index in [0.29, 0.717) is 22.3 Å². The molecule has 3 rings (SSSR count). The number of aromatic hydroxyl groups is 3. The molecular formula is C17H15O6+. The molecule has 0 saturated heterocycles. The minimum absolute atomic E-state index is 0.0157. The van der Waals surface area contributed by atoms with Crippen LogP contribution in [0.5, 0.6) is 28.7 Å². The second-order valence-electron chi connectivity index (χ2n) is 4.91. The third-order valence-electron chi connectivity index (χ3n) is 3.48. The highest BCUT2D eigenvalue weighted by Crippen LogP contribution is 2.40. The van der Waals surface area contributed by atoms with Gasteiger partial charge in [-0.3, -0.25) is 0 Å². The molecule has 2 aromatic carbocycles. The Kier molecular flexibility index (Phi) is 3.57. The Morgan fingerprint density at radius 2 is 1.57 bits per heavy atom. The second kappa shape index (κ2) is 5.57. The topological polar surface area (TPSA) is 90.5 Å². The first-order valence-electron chi connectivity index (χ1n) is 6.77. The van der Waals surface area contributed by atoms with Gasteiger partial charge in [-0.05, 0) is 12.1 Å². The summed E-state index contributed by atoms with van der Waals surface area (Å²) in [5, 5.41) is 30.2. The number of hydrogen-bond acceptors (Lipinski definition) is 5. The standard InChI is InChI=1S/C17H14O6/c1-21-14-6-10(18)7-15-11(14)8-13(20)17(23-15)9-3-4-12(19)16(5-9)22-2/h3-8H,1-2H3,(H2-,18,19,20)/p+1. The largest absolute Gasteiger partial charge is 0.507 e. The number of benzene rings is 2. The van der Waals surface area contributed by atoms with Gasteiger partial charge in [0.05, 0.1) is 25.8 Å². The second-order valence-corrected chi connectivity index (χ2v) is 4.91. The smallest absolute Gasteiger partial charge is 0.402 e. The SMILES string of the molecule is COc1cc(-c2[o+]c3cc(O)cc(OC)c3cc2O)ccc1O. The third kappa shape index (κ3) is 2.55. The minimum atomic E-state index is -0.103. The van der Waals surface area contributed by atoms with Crippen LogP contribution in [0.3, 0.4) is 0 Å². The highest BCUT2D eigenvalue weighted by atomic mass is 16.5. The van der Waals surface area contributed by atoms with Crippen molar-refractivity contribution in [3.8, 4) is 40.1 Å². The monoisotopic (exact) mass is 315 g/mol. The Hall–Kier alpha value is -3.15. The van der Waals surface area contributed by atoms with Gasteiger partial charge in [-0.15, -0.1) is 0 Å². The fraction of sp³-hybridized carbons (Fsp3) is 0.118. The minimum Gasteiger partial charge on any atom is -0.507 e. The van der Waals surface area contributed by atoms with Crippen molar-refractivity contribution in [3.63, 3.8) is 0 Å². The Balaban J connectivity index is 2.24. The van der Waals surface area contributed by atoms with E-state index in [2.05, 4.69) is 0 Å². The molecule has 6 heteroatoms. The van der Waals surface area contributed by atoms with Gasteiger partial charge in [0.2, 0.25) is 5.75 Å². The molecule has 0 saturated carbocycles. The first-order chi connectivity index (χ1) is 11.0. The number of hydrogen-bond donors (Lipinski definition) is 3. The van der Waals surface area contributed by atoms with Crippen molar-refractivity contribution in [1.82, 2.24) is 0 Å². The van der Waals surface area contributed by atoms with Gasteiger partial charge in [0.1, 0.15) is 16.9 Å². The molecule has 23 heavy (non-hydrogen) atoms. The molecule has 0 aliphatic carbocycles. The predicted molar refractivity (Wildman–Crippen MR) is 84.2 cm³/mol. The van der Waals surface area contributed by atoms with Gasteiger partial charge in [-0.1, -0.05) is 0 Å². The fourth-order valence-electron chi connectivity index (χ4n) is 2.37. The van der Waals surface area contributed by atoms with Crippen LogP contribution >= 0.6 is 0 Å². The summed E-state index contributed by atoms with van der Waals surface area (Å²) in [6.07, 6.45) is 0. The summed E-state index contributed by atoms with van der Waals surface area (Å²) in [6, 6.07) is 8.92. The van der Waals surface area contributed by atoms with Gasteiger partial charge in [-0.25, -0.2) is 4.42 Å². The number of methoxy groups -OCH3 is 2. The molecule has 0 atom stereocenters. The van der Waals surface area contributed by atoms with Crippen molar-refractivity contribution in [2.24, 2.45) is 0 Å². The van der Waals surface area contributed by atoms with Gasteiger partial charge in [-0.2, -0.15) is 0 Å². The maximum absolute atomic E-state index is 10.3. The summed E-state index contributed by atoms with van der Waals surface area (Å²) < 4.78 is 15.9. The Labute approximate surface area is 131 Å². The zero-order valence-electron chi connectivity index (χ0n) is 12.5. The van der Waals surface area contributed by atoms with Gasteiger partial charge in [0.15, 0.2) is 11.5 Å². The maximum Gasteiger partial charge on any atom is 0.402 e. The molecule has 0 bridgehead atoms. The molecular weight excluding hydrogens is 300 g/mol. The number of phenols is 2. The highest BCUT2D eigenvalue weighted by Gasteiger charge is 2.25. The van der Waals surface area contributed by atoms with Crippen LogP contribution in [-0.2, 0) is 0 Å². The fourth-order valence-corrected chi connectivity index (χ4v) is 2.37. The van der Waals surface area contributed by atoms with E-state index in [1.165, 1.54) is 38.5 Å². The lowest BCUT2D eigenvalue weighted by molar-refractivity contribution is 0.373. The van der Waals surface area contributed by atoms with Gasteiger partial charge < -0.3 is 24.8 Å². The molecule has 0 spiro atoms. The van der Waals surface area contributed by atoms with E-state index in [-0.39, 0.29) is 28.8 Å². The first-order valence-corrected chi connectivity index (χ1v) is 6.77. The molecule has 0 amide bonds. The zero-order chi connectivity index (χ0) is 16.6. The quantitative estimate of drug-likeness (QED) is 0.641. The van der Waals surface area contributed by atoms with Crippen molar-refractivity contribution in [2.75, 3.05) is 14.2 Å². The summed E-state index contributed by atoms with van der Waals surface area (Å²) in [4.78, 5) is 0. The summed E-state index contributed by atoms with van der Waals surface area (Å²) in [5.41, 5.74) is 0.864. The summed E-state index contributed by atoms with van der Waals surface area (Å²) in [6.45, 7) is 0. The molecule has 1 heterocycles. The van der Waals surface area contributed by atoms with E-state index in [1.807, 2.05) is 0 Å². The molecule has 0 fully saturated rings. The van der Waals surface area contributed by atoms with E-state index in [1.54, 1.807) is 12.1 Å².